The zero-order chi connectivity index (χ0) is 19.2. The van der Waals surface area contributed by atoms with Gasteiger partial charge in [-0.2, -0.15) is 13.2 Å². The first-order valence-corrected chi connectivity index (χ1v) is 9.24. The molecule has 0 radical (unpaired) electrons. The summed E-state index contributed by atoms with van der Waals surface area (Å²) in [5.41, 5.74) is 0. The summed E-state index contributed by atoms with van der Waals surface area (Å²) in [7, 11) is 0. The summed E-state index contributed by atoms with van der Waals surface area (Å²) in [6.45, 7) is 2.38. The van der Waals surface area contributed by atoms with Crippen LogP contribution in [0.1, 0.15) is 24.3 Å². The standard InChI is InChI=1S/C16H23F3N4O2S/c1-11(24)22-12(13-3-2-8-26-13)9-15(25)21-10-14(16(17,18)19)23-6-4-20-5-7-23/h2-3,8,12,14,20H,4-7,9-10H2,1H3,(H,21,25)(H,22,24). The molecule has 1 aromatic rings. The van der Waals surface area contributed by atoms with E-state index in [4.69, 9.17) is 0 Å². The fourth-order valence-corrected chi connectivity index (χ4v) is 3.65. The first-order chi connectivity index (χ1) is 12.3. The Labute approximate surface area is 154 Å². The zero-order valence-electron chi connectivity index (χ0n) is 14.4. The van der Waals surface area contributed by atoms with Crippen molar-refractivity contribution in [2.24, 2.45) is 0 Å². The Bertz CT molecular complexity index is 589. The minimum atomic E-state index is -4.42. The normalized spacial score (nSPS) is 18.2. The van der Waals surface area contributed by atoms with E-state index in [1.807, 2.05) is 5.38 Å². The van der Waals surface area contributed by atoms with Gasteiger partial charge in [-0.25, -0.2) is 0 Å². The lowest BCUT2D eigenvalue weighted by atomic mass is 10.1. The Morgan fingerprint density at radius 3 is 2.58 bits per heavy atom. The number of halogens is 3. The van der Waals surface area contributed by atoms with Crippen molar-refractivity contribution in [1.82, 2.24) is 20.9 Å². The number of amides is 2. The summed E-state index contributed by atoms with van der Waals surface area (Å²) >= 11 is 1.38. The minimum Gasteiger partial charge on any atom is -0.354 e. The van der Waals surface area contributed by atoms with E-state index < -0.39 is 30.7 Å². The Hall–Kier alpha value is -1.65. The van der Waals surface area contributed by atoms with Gasteiger partial charge in [-0.1, -0.05) is 6.07 Å². The van der Waals surface area contributed by atoms with Crippen molar-refractivity contribution >= 4 is 23.2 Å². The van der Waals surface area contributed by atoms with Gasteiger partial charge < -0.3 is 16.0 Å². The molecule has 1 saturated heterocycles. The molecule has 2 atom stereocenters. The summed E-state index contributed by atoms with van der Waals surface area (Å²) in [4.78, 5) is 25.6. The number of nitrogens with one attached hydrogen (secondary N) is 3. The third kappa shape index (κ3) is 6.26. The highest BCUT2D eigenvalue weighted by Gasteiger charge is 2.43. The van der Waals surface area contributed by atoms with Gasteiger partial charge in [0.25, 0.3) is 0 Å². The molecule has 2 unspecified atom stereocenters. The summed E-state index contributed by atoms with van der Waals surface area (Å²) < 4.78 is 40.0. The van der Waals surface area contributed by atoms with E-state index in [0.29, 0.717) is 13.1 Å². The lowest BCUT2D eigenvalue weighted by Crippen LogP contribution is -2.57. The predicted octanol–water partition coefficient (Wildman–Crippen LogP) is 1.27. The van der Waals surface area contributed by atoms with Crippen LogP contribution in [0.4, 0.5) is 13.2 Å². The predicted molar refractivity (Wildman–Crippen MR) is 92.8 cm³/mol. The van der Waals surface area contributed by atoms with Crippen LogP contribution in [0.5, 0.6) is 0 Å². The molecular formula is C16H23F3N4O2S. The average molecular weight is 392 g/mol. The van der Waals surface area contributed by atoms with Crippen LogP contribution < -0.4 is 16.0 Å². The molecule has 3 N–H and O–H groups in total. The van der Waals surface area contributed by atoms with Crippen LogP contribution in [0.3, 0.4) is 0 Å². The molecule has 10 heteroatoms. The number of rotatable bonds is 7. The minimum absolute atomic E-state index is 0.105. The molecule has 1 aliphatic rings. The molecular weight excluding hydrogens is 369 g/mol. The number of carbonyl (C=O) groups excluding carboxylic acids is 2. The molecule has 0 spiro atoms. The van der Waals surface area contributed by atoms with Crippen molar-refractivity contribution in [2.75, 3.05) is 32.7 Å². The van der Waals surface area contributed by atoms with Gasteiger partial charge in [0.2, 0.25) is 11.8 Å². The highest BCUT2D eigenvalue weighted by molar-refractivity contribution is 7.10. The van der Waals surface area contributed by atoms with Crippen molar-refractivity contribution in [3.8, 4) is 0 Å². The van der Waals surface area contributed by atoms with Crippen LogP contribution in [0.2, 0.25) is 0 Å². The molecule has 0 bridgehead atoms. The van der Waals surface area contributed by atoms with Gasteiger partial charge in [-0.15, -0.1) is 11.3 Å². The molecule has 0 aromatic carbocycles. The van der Waals surface area contributed by atoms with E-state index in [9.17, 15) is 22.8 Å². The molecule has 0 saturated carbocycles. The van der Waals surface area contributed by atoms with Gasteiger partial charge in [0.05, 0.1) is 12.5 Å². The van der Waals surface area contributed by atoms with Crippen molar-refractivity contribution in [3.05, 3.63) is 22.4 Å². The van der Waals surface area contributed by atoms with Crippen molar-refractivity contribution in [1.29, 1.82) is 0 Å². The smallest absolute Gasteiger partial charge is 0.354 e. The Kier molecular flexibility index (Phi) is 7.42. The monoisotopic (exact) mass is 392 g/mol. The van der Waals surface area contributed by atoms with Gasteiger partial charge in [0, 0.05) is 44.5 Å². The summed E-state index contributed by atoms with van der Waals surface area (Å²) in [6.07, 6.45) is -4.53. The molecule has 1 aromatic heterocycles. The van der Waals surface area contributed by atoms with E-state index >= 15 is 0 Å². The van der Waals surface area contributed by atoms with E-state index in [0.717, 1.165) is 4.88 Å². The topological polar surface area (TPSA) is 73.5 Å². The van der Waals surface area contributed by atoms with E-state index in [2.05, 4.69) is 16.0 Å². The van der Waals surface area contributed by atoms with Gasteiger partial charge in [0.15, 0.2) is 0 Å². The number of carbonyl (C=O) groups is 2. The van der Waals surface area contributed by atoms with Crippen molar-refractivity contribution in [3.63, 3.8) is 0 Å². The Balaban J connectivity index is 1.94. The number of hydrogen-bond donors (Lipinski definition) is 3. The molecule has 2 rings (SSSR count). The number of alkyl halides is 3. The summed E-state index contributed by atoms with van der Waals surface area (Å²) in [5.74, 6) is -0.827. The Morgan fingerprint density at radius 1 is 1.35 bits per heavy atom. The molecule has 6 nitrogen and oxygen atoms in total. The molecule has 26 heavy (non-hydrogen) atoms. The third-order valence-corrected chi connectivity index (χ3v) is 5.10. The van der Waals surface area contributed by atoms with Gasteiger partial charge in [0.1, 0.15) is 6.04 Å². The average Bonchev–Trinajstić information content (AvgIpc) is 3.08. The second kappa shape index (κ2) is 9.33. The van der Waals surface area contributed by atoms with Crippen LogP contribution in [-0.4, -0.2) is 61.7 Å². The molecule has 1 fully saturated rings. The van der Waals surface area contributed by atoms with Gasteiger partial charge in [-0.3, -0.25) is 14.5 Å². The quantitative estimate of drug-likeness (QED) is 0.654. The molecule has 1 aliphatic heterocycles. The van der Waals surface area contributed by atoms with Crippen molar-refractivity contribution in [2.45, 2.75) is 31.6 Å². The van der Waals surface area contributed by atoms with Crippen LogP contribution in [-0.2, 0) is 9.59 Å². The maximum atomic E-state index is 13.3. The summed E-state index contributed by atoms with van der Waals surface area (Å²) in [6, 6.07) is 1.31. The third-order valence-electron chi connectivity index (χ3n) is 4.12. The maximum Gasteiger partial charge on any atom is 0.405 e. The molecule has 146 valence electrons. The van der Waals surface area contributed by atoms with Crippen LogP contribution in [0, 0.1) is 0 Å². The fraction of sp³-hybridized carbons (Fsp3) is 0.625. The number of nitrogens with zero attached hydrogens (tertiary/aromatic N) is 1. The lowest BCUT2D eigenvalue weighted by molar-refractivity contribution is -0.184. The van der Waals surface area contributed by atoms with E-state index in [-0.39, 0.29) is 25.4 Å². The highest BCUT2D eigenvalue weighted by atomic mass is 32.1. The maximum absolute atomic E-state index is 13.3. The first kappa shape index (κ1) is 20.7. The van der Waals surface area contributed by atoms with E-state index in [1.54, 1.807) is 12.1 Å². The van der Waals surface area contributed by atoms with Crippen molar-refractivity contribution < 1.29 is 22.8 Å². The van der Waals surface area contributed by atoms with Gasteiger partial charge in [-0.05, 0) is 11.4 Å². The first-order valence-electron chi connectivity index (χ1n) is 8.36. The zero-order valence-corrected chi connectivity index (χ0v) is 15.3. The SMILES string of the molecule is CC(=O)NC(CC(=O)NCC(N1CCNCC1)C(F)(F)F)c1cccs1. The molecule has 0 aliphatic carbocycles. The number of piperazine rings is 1. The Morgan fingerprint density at radius 2 is 2.04 bits per heavy atom. The second-order valence-corrected chi connectivity index (χ2v) is 7.10. The largest absolute Gasteiger partial charge is 0.405 e. The number of hydrogen-bond acceptors (Lipinski definition) is 5. The van der Waals surface area contributed by atoms with Crippen LogP contribution >= 0.6 is 11.3 Å². The van der Waals surface area contributed by atoms with E-state index in [1.165, 1.54) is 23.2 Å². The highest BCUT2D eigenvalue weighted by Crippen LogP contribution is 2.25. The van der Waals surface area contributed by atoms with Crippen LogP contribution in [0.25, 0.3) is 0 Å². The molecule has 2 amide bonds. The van der Waals surface area contributed by atoms with Crippen LogP contribution in [0.15, 0.2) is 17.5 Å². The summed E-state index contributed by atoms with van der Waals surface area (Å²) in [5, 5.41) is 9.87. The lowest BCUT2D eigenvalue weighted by Gasteiger charge is -2.36. The number of thiophene rings is 1. The second-order valence-electron chi connectivity index (χ2n) is 6.12. The van der Waals surface area contributed by atoms with Gasteiger partial charge >= 0.3 is 6.18 Å². The fourth-order valence-electron chi connectivity index (χ4n) is 2.87. The molecule has 2 heterocycles.